The van der Waals surface area contributed by atoms with Gasteiger partial charge in [-0.15, -0.1) is 0 Å². The Labute approximate surface area is 262 Å². The highest BCUT2D eigenvalue weighted by atomic mass is 32.5. The molecule has 16 nitrogen and oxygen atoms in total. The number of H-pyrrole nitrogens is 2. The van der Waals surface area contributed by atoms with Crippen molar-refractivity contribution < 1.29 is 33.2 Å². The van der Waals surface area contributed by atoms with Crippen molar-refractivity contribution in [3.8, 4) is 0 Å². The highest BCUT2D eigenvalue weighted by Crippen LogP contribution is 2.50. The van der Waals surface area contributed by atoms with Crippen LogP contribution in [-0.4, -0.2) is 74.9 Å². The smallest absolute Gasteiger partial charge is 0.330 e. The fourth-order valence-electron chi connectivity index (χ4n) is 4.86. The summed E-state index contributed by atoms with van der Waals surface area (Å²) in [5.41, 5.74) is -1.75. The van der Waals surface area contributed by atoms with E-state index in [2.05, 4.69) is 15.1 Å². The van der Waals surface area contributed by atoms with Gasteiger partial charge in [0.25, 0.3) is 17.8 Å². The average Bonchev–Trinajstić information content (AvgIpc) is 3.64. The van der Waals surface area contributed by atoms with Crippen LogP contribution in [-0.2, 0) is 39.9 Å². The largest absolute Gasteiger partial charge is 0.468 e. The summed E-state index contributed by atoms with van der Waals surface area (Å²) in [6.45, 7) is 2.59. The lowest BCUT2D eigenvalue weighted by molar-refractivity contribution is -0.144. The number of nitrogens with zero attached hydrogens (tertiary/aromatic N) is 2. The molecule has 0 saturated carbocycles. The maximum atomic E-state index is 12.8. The maximum absolute atomic E-state index is 12.8. The highest BCUT2D eigenvalue weighted by Gasteiger charge is 2.43. The van der Waals surface area contributed by atoms with E-state index in [9.17, 15) is 29.1 Å². The molecule has 4 N–H and O–H groups in total. The summed E-state index contributed by atoms with van der Waals surface area (Å²) in [4.78, 5) is 65.8. The van der Waals surface area contributed by atoms with Crippen LogP contribution in [0.5, 0.6) is 0 Å². The number of aromatic nitrogens is 4. The topological polar surface area (TPSA) is 205 Å². The number of carbonyl (C=O) groups is 1. The molecule has 4 heterocycles. The van der Waals surface area contributed by atoms with Crippen molar-refractivity contribution in [3.05, 3.63) is 77.3 Å². The predicted octanol–water partition coefficient (Wildman–Crippen LogP) is 0.241. The summed E-state index contributed by atoms with van der Waals surface area (Å²) in [6.07, 6.45) is 2.47. The maximum Gasteiger partial charge on any atom is 0.330 e. The molecule has 248 valence electrons. The van der Waals surface area contributed by atoms with Crippen molar-refractivity contribution >= 4 is 24.4 Å². The van der Waals surface area contributed by atoms with Crippen LogP contribution in [0.25, 0.3) is 0 Å². The molecule has 0 aliphatic carbocycles. The number of aliphatic hydroxyl groups excluding tert-OH is 1. The van der Waals surface area contributed by atoms with Crippen molar-refractivity contribution in [2.24, 2.45) is 5.92 Å². The minimum Gasteiger partial charge on any atom is -0.468 e. The first-order valence-electron chi connectivity index (χ1n) is 14.3. The van der Waals surface area contributed by atoms with Gasteiger partial charge in [0, 0.05) is 29.9 Å². The second-order valence-electron chi connectivity index (χ2n) is 10.9. The Balaban J connectivity index is 1.56. The van der Waals surface area contributed by atoms with Crippen LogP contribution in [0.3, 0.4) is 0 Å². The van der Waals surface area contributed by atoms with Crippen molar-refractivity contribution in [2.75, 3.05) is 20.3 Å². The van der Waals surface area contributed by atoms with E-state index in [0.29, 0.717) is 12.0 Å². The van der Waals surface area contributed by atoms with E-state index in [4.69, 9.17) is 35.1 Å². The zero-order valence-corrected chi connectivity index (χ0v) is 27.2. The third kappa shape index (κ3) is 8.04. The van der Waals surface area contributed by atoms with Gasteiger partial charge in [-0.05, 0) is 37.6 Å². The molecule has 1 fully saturated rings. The quantitative estimate of drug-likeness (QED) is 0.128. The number of methoxy groups -OCH3 is 1. The van der Waals surface area contributed by atoms with Crippen LogP contribution in [0, 0.1) is 19.8 Å². The van der Waals surface area contributed by atoms with Crippen LogP contribution < -0.4 is 27.6 Å². The van der Waals surface area contributed by atoms with Crippen molar-refractivity contribution in [1.82, 2.24) is 24.2 Å². The van der Waals surface area contributed by atoms with E-state index < -0.39 is 78.5 Å². The molecule has 2 aromatic heterocycles. The molecule has 0 radical (unpaired) electrons. The second kappa shape index (κ2) is 14.6. The molecule has 2 aromatic rings. The van der Waals surface area contributed by atoms with Gasteiger partial charge in [0.1, 0.15) is 24.5 Å². The van der Waals surface area contributed by atoms with Gasteiger partial charge in [-0.3, -0.25) is 33.5 Å². The molecule has 2 aliphatic rings. The molecule has 18 heteroatoms. The Morgan fingerprint density at radius 1 is 1.11 bits per heavy atom. The number of hydrogen-bond acceptors (Lipinski definition) is 12. The lowest BCUT2D eigenvalue weighted by atomic mass is 10.0. The van der Waals surface area contributed by atoms with Crippen molar-refractivity contribution in [1.29, 1.82) is 0 Å². The first-order chi connectivity index (χ1) is 21.3. The van der Waals surface area contributed by atoms with Crippen LogP contribution in [0.1, 0.15) is 50.3 Å². The van der Waals surface area contributed by atoms with Gasteiger partial charge in [-0.1, -0.05) is 26.3 Å². The van der Waals surface area contributed by atoms with Gasteiger partial charge in [0.15, 0.2) is 6.23 Å². The van der Waals surface area contributed by atoms with E-state index in [0.717, 1.165) is 0 Å². The Bertz CT molecular complexity index is 1700. The number of aromatic amines is 2. The fourth-order valence-corrected chi connectivity index (χ4v) is 7.53. The summed E-state index contributed by atoms with van der Waals surface area (Å²) >= 11 is 5.90. The minimum absolute atomic E-state index is 0.0582. The summed E-state index contributed by atoms with van der Waals surface area (Å²) in [5, 5.41) is 13.2. The second-order valence-corrected chi connectivity index (χ2v) is 14.1. The monoisotopic (exact) mass is 671 g/mol. The number of rotatable bonds is 13. The number of aryl methyl sites for hydroxylation is 2. The molecule has 8 atom stereocenters. The number of aliphatic hydroxyl groups is 1. The molecule has 0 amide bonds. The Kier molecular flexibility index (Phi) is 11.3. The van der Waals surface area contributed by atoms with Gasteiger partial charge in [0.05, 0.1) is 26.4 Å². The molecule has 45 heavy (non-hydrogen) atoms. The Morgan fingerprint density at radius 2 is 1.73 bits per heavy atom. The molecule has 2 aliphatic heterocycles. The molecule has 0 bridgehead atoms. The van der Waals surface area contributed by atoms with Gasteiger partial charge in [0.2, 0.25) is 0 Å². The summed E-state index contributed by atoms with van der Waals surface area (Å²) in [6, 6.07) is -0.906. The molecule has 2 unspecified atom stereocenters. The van der Waals surface area contributed by atoms with Gasteiger partial charge >= 0.3 is 17.3 Å². The lowest BCUT2D eigenvalue weighted by Gasteiger charge is -2.32. The van der Waals surface area contributed by atoms with E-state index in [-0.39, 0.29) is 24.5 Å². The summed E-state index contributed by atoms with van der Waals surface area (Å²) in [5.74, 6) is -0.816. The summed E-state index contributed by atoms with van der Waals surface area (Å²) < 4.78 is 31.8. The standard InChI is InChI=1S/C27H38N5O11PS/c1-6-14(2)22(25(36)39-5)30-44(45,40-13-17-7-8-20(41-17)31-10-15(3)23(34)28-26(31)37)43-18-9-21(42-19(18)12-33)32-11-16(4)24(35)29-27(32)38/h7-8,10-11,14,17-22,33H,6,9,12-13H2,1-5H3,(H,30,45)(H,28,34,37)(H,29,35,38)/t14?,17-,18-,19+,20+,21+,22-,44?/m0/s1. The molecule has 0 spiro atoms. The number of ether oxygens (including phenoxy) is 3. The lowest BCUT2D eigenvalue weighted by Crippen LogP contribution is -2.42. The summed E-state index contributed by atoms with van der Waals surface area (Å²) in [7, 11) is 1.25. The van der Waals surface area contributed by atoms with Gasteiger partial charge in [-0.25, -0.2) is 14.7 Å². The van der Waals surface area contributed by atoms with Gasteiger partial charge < -0.3 is 28.4 Å². The molecule has 4 rings (SSSR count). The number of nitrogens with one attached hydrogen (secondary N) is 3. The fraction of sp³-hybridized carbons (Fsp3) is 0.593. The van der Waals surface area contributed by atoms with E-state index in [1.165, 1.54) is 28.6 Å². The van der Waals surface area contributed by atoms with Crippen LogP contribution in [0.2, 0.25) is 0 Å². The van der Waals surface area contributed by atoms with E-state index >= 15 is 0 Å². The van der Waals surface area contributed by atoms with E-state index in [1.54, 1.807) is 26.0 Å². The number of hydrogen-bond donors (Lipinski definition) is 4. The normalized spacial score (nSPS) is 25.6. The number of carbonyl (C=O) groups excluding carboxylic acids is 1. The molecule has 0 aromatic carbocycles. The first-order valence-corrected chi connectivity index (χ1v) is 17.0. The SMILES string of the molecule is CCC(C)[C@H](NP(=S)(OC[C@@H]1C=C[C@H](n2cc(C)c(=O)[nH]c2=O)O1)O[C@H]1C[C@H](n2cc(C)c(=O)[nH]c2=O)O[C@@H]1CO)C(=O)OC. The third-order valence-corrected chi connectivity index (χ3v) is 10.2. The molecular formula is C27H38N5O11PS. The van der Waals surface area contributed by atoms with Crippen LogP contribution in [0.4, 0.5) is 0 Å². The average molecular weight is 672 g/mol. The third-order valence-electron chi connectivity index (χ3n) is 7.69. The van der Waals surface area contributed by atoms with Crippen LogP contribution >= 0.6 is 6.64 Å². The molecular weight excluding hydrogens is 633 g/mol. The van der Waals surface area contributed by atoms with Gasteiger partial charge in [-0.2, -0.15) is 0 Å². The van der Waals surface area contributed by atoms with Crippen molar-refractivity contribution in [3.63, 3.8) is 0 Å². The predicted molar refractivity (Wildman–Crippen MR) is 164 cm³/mol. The first kappa shape index (κ1) is 34.8. The Morgan fingerprint density at radius 3 is 2.33 bits per heavy atom. The highest BCUT2D eigenvalue weighted by molar-refractivity contribution is 8.09. The zero-order chi connectivity index (χ0) is 33.1. The van der Waals surface area contributed by atoms with Crippen molar-refractivity contribution in [2.45, 2.75) is 77.3 Å². The van der Waals surface area contributed by atoms with Crippen LogP contribution in [0.15, 0.2) is 43.7 Å². The Hall–Kier alpha value is -3.02. The minimum atomic E-state index is -3.61. The number of esters is 1. The zero-order valence-electron chi connectivity index (χ0n) is 25.5. The van der Waals surface area contributed by atoms with E-state index in [1.807, 2.05) is 13.8 Å². The molecule has 1 saturated heterocycles.